The molecule has 1 aromatic rings. The van der Waals surface area contributed by atoms with Crippen molar-refractivity contribution >= 4 is 5.91 Å². The highest BCUT2D eigenvalue weighted by Gasteiger charge is 2.17. The molecule has 0 saturated carbocycles. The second-order valence-electron chi connectivity index (χ2n) is 6.46. The van der Waals surface area contributed by atoms with Crippen molar-refractivity contribution in [1.82, 2.24) is 15.5 Å². The molecular formula is C18H27N3O4. The Kier molecular flexibility index (Phi) is 6.49. The number of nitrogens with one attached hydrogen (secondary N) is 2. The van der Waals surface area contributed by atoms with Crippen LogP contribution in [0.25, 0.3) is 0 Å². The topological polar surface area (TPSA) is 72.1 Å². The Morgan fingerprint density at radius 3 is 2.92 bits per heavy atom. The second-order valence-corrected chi connectivity index (χ2v) is 6.46. The number of rotatable bonds is 7. The number of ether oxygens (including phenoxy) is 3. The van der Waals surface area contributed by atoms with E-state index >= 15 is 0 Å². The molecule has 0 aromatic heterocycles. The average molecular weight is 349 g/mol. The zero-order valence-electron chi connectivity index (χ0n) is 14.8. The van der Waals surface area contributed by atoms with Crippen LogP contribution in [0, 0.1) is 0 Å². The smallest absolute Gasteiger partial charge is 0.233 e. The third kappa shape index (κ3) is 5.59. The number of carbonyl (C=O) groups excluding carboxylic acids is 1. The van der Waals surface area contributed by atoms with E-state index in [9.17, 15) is 4.79 Å². The van der Waals surface area contributed by atoms with Crippen molar-refractivity contribution in [3.63, 3.8) is 0 Å². The third-order valence-electron chi connectivity index (χ3n) is 4.34. The van der Waals surface area contributed by atoms with Gasteiger partial charge in [-0.05, 0) is 31.2 Å². The molecule has 0 spiro atoms. The molecule has 25 heavy (non-hydrogen) atoms. The first-order chi connectivity index (χ1) is 12.2. The van der Waals surface area contributed by atoms with Gasteiger partial charge in [0, 0.05) is 26.2 Å². The molecule has 1 fully saturated rings. The zero-order chi connectivity index (χ0) is 17.5. The van der Waals surface area contributed by atoms with Gasteiger partial charge in [0.15, 0.2) is 11.5 Å². The molecular weight excluding hydrogens is 322 g/mol. The predicted octanol–water partition coefficient (Wildman–Crippen LogP) is 0.0367. The van der Waals surface area contributed by atoms with Gasteiger partial charge in [0.25, 0.3) is 0 Å². The maximum atomic E-state index is 11.9. The number of fused-ring (bicyclic) bond motifs is 1. The van der Waals surface area contributed by atoms with Gasteiger partial charge < -0.3 is 29.7 Å². The number of hydrogen-bond donors (Lipinski definition) is 2. The summed E-state index contributed by atoms with van der Waals surface area (Å²) in [6.45, 7) is 5.41. The fourth-order valence-corrected chi connectivity index (χ4v) is 2.99. The monoisotopic (exact) mass is 349 g/mol. The van der Waals surface area contributed by atoms with E-state index < -0.39 is 0 Å². The largest absolute Gasteiger partial charge is 0.486 e. The van der Waals surface area contributed by atoms with Crippen molar-refractivity contribution in [2.45, 2.75) is 12.5 Å². The van der Waals surface area contributed by atoms with Crippen LogP contribution in [0.5, 0.6) is 11.5 Å². The second kappa shape index (κ2) is 9.03. The normalized spacial score (nSPS) is 20.3. The lowest BCUT2D eigenvalue weighted by molar-refractivity contribution is -0.120. The Morgan fingerprint density at radius 1 is 1.24 bits per heavy atom. The lowest BCUT2D eigenvalue weighted by atomic mass is 10.1. The van der Waals surface area contributed by atoms with Crippen LogP contribution in [-0.2, 0) is 16.0 Å². The Morgan fingerprint density at radius 2 is 2.08 bits per heavy atom. The predicted molar refractivity (Wildman–Crippen MR) is 94.3 cm³/mol. The maximum Gasteiger partial charge on any atom is 0.233 e. The van der Waals surface area contributed by atoms with Crippen LogP contribution in [-0.4, -0.2) is 76.5 Å². The number of nitrogens with zero attached hydrogens (tertiary/aromatic N) is 1. The van der Waals surface area contributed by atoms with Crippen molar-refractivity contribution in [1.29, 1.82) is 0 Å². The highest BCUT2D eigenvalue weighted by atomic mass is 16.6. The number of carbonyl (C=O) groups is 1. The van der Waals surface area contributed by atoms with Gasteiger partial charge in [0.2, 0.25) is 5.91 Å². The number of benzene rings is 1. The maximum absolute atomic E-state index is 11.9. The molecule has 0 aliphatic carbocycles. The highest BCUT2D eigenvalue weighted by Crippen LogP contribution is 2.30. The van der Waals surface area contributed by atoms with E-state index in [1.807, 2.05) is 18.2 Å². The molecule has 7 nitrogen and oxygen atoms in total. The summed E-state index contributed by atoms with van der Waals surface area (Å²) in [6.07, 6.45) is 0.920. The van der Waals surface area contributed by atoms with E-state index in [1.165, 1.54) is 0 Å². The van der Waals surface area contributed by atoms with E-state index in [4.69, 9.17) is 14.2 Å². The Labute approximate surface area is 148 Å². The third-order valence-corrected chi connectivity index (χ3v) is 4.34. The quantitative estimate of drug-likeness (QED) is 0.724. The Balaban J connectivity index is 1.31. The minimum absolute atomic E-state index is 0.00158. The van der Waals surface area contributed by atoms with Crippen LogP contribution >= 0.6 is 0 Å². The molecule has 0 unspecified atom stereocenters. The van der Waals surface area contributed by atoms with Gasteiger partial charge in [-0.2, -0.15) is 0 Å². The fourth-order valence-electron chi connectivity index (χ4n) is 2.99. The molecule has 1 atom stereocenters. The van der Waals surface area contributed by atoms with Crippen LogP contribution in [0.15, 0.2) is 18.2 Å². The first kappa shape index (κ1) is 18.0. The summed E-state index contributed by atoms with van der Waals surface area (Å²) in [7, 11) is 2.08. The van der Waals surface area contributed by atoms with Crippen LogP contribution in [0.1, 0.15) is 5.56 Å². The van der Waals surface area contributed by atoms with Gasteiger partial charge in [-0.3, -0.25) is 4.79 Å². The summed E-state index contributed by atoms with van der Waals surface area (Å²) < 4.78 is 16.7. The molecule has 2 aliphatic rings. The number of amides is 1. The minimum atomic E-state index is 0.00158. The van der Waals surface area contributed by atoms with Crippen molar-refractivity contribution in [3.8, 4) is 11.5 Å². The molecule has 2 N–H and O–H groups in total. The van der Waals surface area contributed by atoms with Crippen LogP contribution in [0.3, 0.4) is 0 Å². The molecule has 2 aliphatic heterocycles. The van der Waals surface area contributed by atoms with Crippen LogP contribution in [0.4, 0.5) is 0 Å². The van der Waals surface area contributed by atoms with Crippen molar-refractivity contribution in [2.24, 2.45) is 0 Å². The molecule has 3 rings (SSSR count). The molecule has 0 bridgehead atoms. The lowest BCUT2D eigenvalue weighted by Crippen LogP contribution is -2.46. The molecule has 1 aromatic carbocycles. The summed E-state index contributed by atoms with van der Waals surface area (Å²) in [5.41, 5.74) is 1.12. The summed E-state index contributed by atoms with van der Waals surface area (Å²) in [6, 6.07) is 5.92. The van der Waals surface area contributed by atoms with E-state index in [1.54, 1.807) is 0 Å². The van der Waals surface area contributed by atoms with E-state index in [0.29, 0.717) is 32.8 Å². The van der Waals surface area contributed by atoms with Gasteiger partial charge in [0.05, 0.1) is 19.3 Å². The summed E-state index contributed by atoms with van der Waals surface area (Å²) in [5.74, 6) is 1.58. The van der Waals surface area contributed by atoms with Crippen LogP contribution < -0.4 is 20.1 Å². The van der Waals surface area contributed by atoms with E-state index in [-0.39, 0.29) is 12.0 Å². The number of hydrogen-bond acceptors (Lipinski definition) is 6. The standard InChI is InChI=1S/C18H27N3O4/c1-21-6-7-23-15(13-21)11-19-12-18(22)20-5-4-14-2-3-16-17(10-14)25-9-8-24-16/h2-3,10,15,19H,4-9,11-13H2,1H3,(H,20,22)/t15-/m1/s1. The van der Waals surface area contributed by atoms with Gasteiger partial charge in [-0.25, -0.2) is 0 Å². The molecule has 1 amide bonds. The molecule has 138 valence electrons. The van der Waals surface area contributed by atoms with Crippen LogP contribution in [0.2, 0.25) is 0 Å². The highest BCUT2D eigenvalue weighted by molar-refractivity contribution is 5.77. The zero-order valence-corrected chi connectivity index (χ0v) is 14.8. The molecule has 1 saturated heterocycles. The van der Waals surface area contributed by atoms with Gasteiger partial charge in [-0.15, -0.1) is 0 Å². The Hall–Kier alpha value is -1.83. The van der Waals surface area contributed by atoms with Crippen molar-refractivity contribution in [3.05, 3.63) is 23.8 Å². The first-order valence-corrected chi connectivity index (χ1v) is 8.87. The number of morpholine rings is 1. The van der Waals surface area contributed by atoms with Gasteiger partial charge in [0.1, 0.15) is 13.2 Å². The van der Waals surface area contributed by atoms with Crippen molar-refractivity contribution < 1.29 is 19.0 Å². The minimum Gasteiger partial charge on any atom is -0.486 e. The summed E-state index contributed by atoms with van der Waals surface area (Å²) >= 11 is 0. The summed E-state index contributed by atoms with van der Waals surface area (Å²) in [4.78, 5) is 14.1. The number of likely N-dealkylation sites (N-methyl/N-ethyl adjacent to an activating group) is 1. The lowest BCUT2D eigenvalue weighted by Gasteiger charge is -2.30. The molecule has 0 radical (unpaired) electrons. The van der Waals surface area contributed by atoms with E-state index in [2.05, 4.69) is 22.6 Å². The van der Waals surface area contributed by atoms with E-state index in [0.717, 1.165) is 43.2 Å². The van der Waals surface area contributed by atoms with Crippen molar-refractivity contribution in [2.75, 3.05) is 59.6 Å². The average Bonchev–Trinajstić information content (AvgIpc) is 2.62. The SMILES string of the molecule is CN1CCO[C@H](CNCC(=O)NCCc2ccc3c(c2)OCCO3)C1. The van der Waals surface area contributed by atoms with Gasteiger partial charge >= 0.3 is 0 Å². The first-order valence-electron chi connectivity index (χ1n) is 8.87. The molecule has 7 heteroatoms. The molecule has 2 heterocycles. The fraction of sp³-hybridized carbons (Fsp3) is 0.611. The van der Waals surface area contributed by atoms with Gasteiger partial charge in [-0.1, -0.05) is 6.07 Å². The Bertz CT molecular complexity index is 581. The summed E-state index contributed by atoms with van der Waals surface area (Å²) in [5, 5.41) is 6.10.